The van der Waals surface area contributed by atoms with Gasteiger partial charge in [0.05, 0.1) is 22.9 Å². The predicted molar refractivity (Wildman–Crippen MR) is 180 cm³/mol. The number of anilines is 2. The molecule has 2 aromatic carbocycles. The number of hydrogen-bond acceptors (Lipinski definition) is 8. The molecule has 4 aromatic rings. The molecule has 0 radical (unpaired) electrons. The second kappa shape index (κ2) is 14.7. The van der Waals surface area contributed by atoms with Gasteiger partial charge in [0, 0.05) is 24.8 Å². The highest BCUT2D eigenvalue weighted by Crippen LogP contribution is 2.35. The minimum Gasteiger partial charge on any atom is -0.481 e. The number of ether oxygens (including phenoxy) is 1. The molecule has 0 amide bonds. The van der Waals surface area contributed by atoms with Gasteiger partial charge in [0.25, 0.3) is 0 Å². The maximum atomic E-state index is 13.9. The molecule has 0 aliphatic carbocycles. The molecule has 3 N–H and O–H groups in total. The first kappa shape index (κ1) is 33.5. The summed E-state index contributed by atoms with van der Waals surface area (Å²) in [5.41, 5.74) is 4.82. The average Bonchev–Trinajstić information content (AvgIpc) is 3.61. The highest BCUT2D eigenvalue weighted by atomic mass is 32.2. The van der Waals surface area contributed by atoms with Gasteiger partial charge in [0.1, 0.15) is 23.0 Å². The minimum atomic E-state index is -3.02. The molecule has 1 fully saturated rings. The number of H-pyrrole nitrogens is 1. The van der Waals surface area contributed by atoms with Crippen LogP contribution in [0.25, 0.3) is 17.0 Å². The molecule has 1 aliphatic heterocycles. The van der Waals surface area contributed by atoms with Crippen molar-refractivity contribution in [3.8, 4) is 23.2 Å². The lowest BCUT2D eigenvalue weighted by atomic mass is 9.97. The Bertz CT molecular complexity index is 1880. The number of hydrogen-bond donors (Lipinski definition) is 4. The van der Waals surface area contributed by atoms with Crippen molar-refractivity contribution in [2.24, 2.45) is 5.92 Å². The van der Waals surface area contributed by atoms with Crippen molar-refractivity contribution in [2.75, 3.05) is 22.7 Å². The first-order chi connectivity index (χ1) is 22.6. The molecular formula is C34H40N6O6S. The van der Waals surface area contributed by atoms with Crippen molar-refractivity contribution < 1.29 is 27.9 Å². The summed E-state index contributed by atoms with van der Waals surface area (Å²) in [6, 6.07) is 11.3. The summed E-state index contributed by atoms with van der Waals surface area (Å²) in [4.78, 5) is 30.5. The van der Waals surface area contributed by atoms with Gasteiger partial charge in [-0.2, -0.15) is 5.26 Å². The number of carbonyl (C=O) groups is 2. The first-order valence-electron chi connectivity index (χ1n) is 16.0. The van der Waals surface area contributed by atoms with Crippen LogP contribution in [-0.2, 0) is 28.5 Å². The molecule has 13 heteroatoms. The zero-order valence-electron chi connectivity index (χ0n) is 26.8. The van der Waals surface area contributed by atoms with Crippen LogP contribution in [0.2, 0.25) is 0 Å². The van der Waals surface area contributed by atoms with E-state index in [9.17, 15) is 28.4 Å². The number of thiol groups is 1. The molecule has 3 heterocycles. The second-order valence-corrected chi connectivity index (χ2v) is 12.8. The lowest BCUT2D eigenvalue weighted by Gasteiger charge is -2.33. The summed E-state index contributed by atoms with van der Waals surface area (Å²) in [6.45, 7) is 7.11. The normalized spacial score (nSPS) is 14.8. The smallest absolute Gasteiger partial charge is 0.348 e. The lowest BCUT2D eigenvalue weighted by Crippen LogP contribution is -2.39. The Morgan fingerprint density at radius 2 is 1.85 bits per heavy atom. The topological polar surface area (TPSA) is 170 Å². The number of unbranched alkanes of at least 4 members (excludes halogenated alkanes) is 2. The number of esters is 1. The highest BCUT2D eigenvalue weighted by molar-refractivity contribution is 7.73. The highest BCUT2D eigenvalue weighted by Gasteiger charge is 2.28. The Hall–Kier alpha value is -4.83. The number of nitriles is 1. The number of carbonyl (C=O) groups excluding carboxylic acids is 1. The fraction of sp³-hybridized carbons (Fsp3) is 0.412. The third-order valence-corrected chi connectivity index (χ3v) is 8.95. The number of rotatable bonds is 13. The summed E-state index contributed by atoms with van der Waals surface area (Å²) in [5.74, 6) is -1.23. The number of benzene rings is 2. The number of fused-ring (bicyclic) bond motifs is 1. The molecule has 1 atom stereocenters. The molecular weight excluding hydrogens is 620 g/mol. The number of nitrogens with one attached hydrogen (secondary N) is 2. The molecule has 5 rings (SSSR count). The van der Waals surface area contributed by atoms with Gasteiger partial charge in [-0.15, -0.1) is 5.10 Å². The van der Waals surface area contributed by atoms with Gasteiger partial charge in [0.15, 0.2) is 5.82 Å². The molecule has 1 unspecified atom stereocenters. The number of aromatic amines is 1. The van der Waals surface area contributed by atoms with Crippen LogP contribution in [0.3, 0.4) is 0 Å². The molecule has 0 bridgehead atoms. The number of carboxylic acid groups (broad SMARTS) is 1. The summed E-state index contributed by atoms with van der Waals surface area (Å²) in [6.07, 6.45) is 8.07. The van der Waals surface area contributed by atoms with Crippen molar-refractivity contribution in [1.29, 1.82) is 5.26 Å². The van der Waals surface area contributed by atoms with E-state index in [1.165, 1.54) is 10.7 Å². The van der Waals surface area contributed by atoms with Crippen LogP contribution < -0.4 is 14.4 Å². The third-order valence-electron chi connectivity index (χ3n) is 8.53. The summed E-state index contributed by atoms with van der Waals surface area (Å²) >= 11 is 0. The lowest BCUT2D eigenvalue weighted by molar-refractivity contribution is -0.141. The van der Waals surface area contributed by atoms with Crippen LogP contribution in [0.4, 0.5) is 11.4 Å². The standard InChI is InChI=1S/C34H40N6O6S/c1-4-6-9-22-15-21(3)16-23(10-7-5-2)30(22)46-34(43)29-26(18-35)20-40-32(29)36-31(37-40)24-12-13-28(27(17-24)38-47(44)45)39-14-8-11-25(19-39)33(41)42/h12-13,15-17,20,25,47H,4-11,14,19H2,1-3H3,(H,36,37)(H,41,42)(H,38,44,45). The van der Waals surface area contributed by atoms with E-state index in [2.05, 4.69) is 46.9 Å². The molecule has 12 nitrogen and oxygen atoms in total. The first-order valence-corrected chi connectivity index (χ1v) is 17.2. The van der Waals surface area contributed by atoms with Gasteiger partial charge in [0.2, 0.25) is 10.9 Å². The third kappa shape index (κ3) is 7.44. The minimum absolute atomic E-state index is 0.0559. The molecule has 0 saturated carbocycles. The molecule has 0 spiro atoms. The van der Waals surface area contributed by atoms with E-state index >= 15 is 0 Å². The summed E-state index contributed by atoms with van der Waals surface area (Å²) < 4.78 is 33.5. The number of carboxylic acids is 1. The van der Waals surface area contributed by atoms with Crippen LogP contribution in [0.5, 0.6) is 5.75 Å². The van der Waals surface area contributed by atoms with Crippen LogP contribution in [-0.4, -0.2) is 53.2 Å². The average molecular weight is 661 g/mol. The second-order valence-electron chi connectivity index (χ2n) is 12.0. The number of aliphatic carboxylic acids is 1. The Kier molecular flexibility index (Phi) is 10.5. The monoisotopic (exact) mass is 660 g/mol. The molecule has 47 heavy (non-hydrogen) atoms. The summed E-state index contributed by atoms with van der Waals surface area (Å²) in [7, 11) is -3.02. The molecule has 2 aromatic heterocycles. The van der Waals surface area contributed by atoms with Crippen LogP contribution in [0.15, 0.2) is 36.5 Å². The molecule has 1 saturated heterocycles. The largest absolute Gasteiger partial charge is 0.481 e. The van der Waals surface area contributed by atoms with E-state index in [0.717, 1.165) is 55.2 Å². The van der Waals surface area contributed by atoms with Gasteiger partial charge in [-0.05, 0) is 74.8 Å². The van der Waals surface area contributed by atoms with Crippen molar-refractivity contribution >= 4 is 39.9 Å². The molecule has 1 aliphatic rings. The van der Waals surface area contributed by atoms with Crippen LogP contribution >= 0.6 is 0 Å². The van der Waals surface area contributed by atoms with Gasteiger partial charge in [-0.25, -0.2) is 17.7 Å². The molecule has 248 valence electrons. The van der Waals surface area contributed by atoms with Crippen molar-refractivity contribution in [2.45, 2.75) is 72.1 Å². The zero-order valence-corrected chi connectivity index (χ0v) is 27.7. The number of nitrogens with zero attached hydrogens (tertiary/aromatic N) is 4. The van der Waals surface area contributed by atoms with Gasteiger partial charge in [-0.3, -0.25) is 9.52 Å². The maximum absolute atomic E-state index is 13.9. The van der Waals surface area contributed by atoms with Crippen molar-refractivity contribution in [3.63, 3.8) is 0 Å². The van der Waals surface area contributed by atoms with Crippen LogP contribution in [0, 0.1) is 24.2 Å². The van der Waals surface area contributed by atoms with E-state index in [1.54, 1.807) is 18.2 Å². The Morgan fingerprint density at radius 3 is 2.47 bits per heavy atom. The Labute approximate surface area is 275 Å². The quantitative estimate of drug-likeness (QED) is 0.0804. The maximum Gasteiger partial charge on any atom is 0.348 e. The SMILES string of the molecule is CCCCc1cc(C)cc(CCCC)c1OC(=O)c1c(C#N)cn2nc(-c3ccc(N4CCCC(C(=O)O)C4)c(N[SH](=O)=O)c3)[nH]c12. The Balaban J connectivity index is 1.51. The number of piperidine rings is 1. The number of aryl methyl sites for hydroxylation is 3. The zero-order chi connectivity index (χ0) is 33.7. The van der Waals surface area contributed by atoms with E-state index in [0.29, 0.717) is 42.2 Å². The van der Waals surface area contributed by atoms with Gasteiger partial charge in [-0.1, -0.05) is 44.4 Å². The van der Waals surface area contributed by atoms with E-state index in [1.807, 2.05) is 11.8 Å². The fourth-order valence-corrected chi connectivity index (χ4v) is 6.59. The fourth-order valence-electron chi connectivity index (χ4n) is 6.21. The predicted octanol–water partition coefficient (Wildman–Crippen LogP) is 5.65. The Morgan fingerprint density at radius 1 is 1.15 bits per heavy atom. The summed E-state index contributed by atoms with van der Waals surface area (Å²) in [5, 5.41) is 24.0. The van der Waals surface area contributed by atoms with Gasteiger partial charge < -0.3 is 19.7 Å². The van der Waals surface area contributed by atoms with Gasteiger partial charge >= 0.3 is 11.9 Å². The number of aromatic nitrogens is 3. The van der Waals surface area contributed by atoms with Crippen LogP contribution in [0.1, 0.15) is 85.0 Å². The van der Waals surface area contributed by atoms with Crippen molar-refractivity contribution in [1.82, 2.24) is 14.6 Å². The van der Waals surface area contributed by atoms with E-state index in [4.69, 9.17) is 4.74 Å². The van der Waals surface area contributed by atoms with Crippen molar-refractivity contribution in [3.05, 3.63) is 64.3 Å². The van der Waals surface area contributed by atoms with E-state index in [-0.39, 0.29) is 29.0 Å². The van der Waals surface area contributed by atoms with E-state index < -0.39 is 28.7 Å².